The Hall–Kier alpha value is -2.85. The highest BCUT2D eigenvalue weighted by atomic mass is 19.1. The minimum absolute atomic E-state index is 0.00925. The van der Waals surface area contributed by atoms with E-state index in [-0.39, 0.29) is 29.5 Å². The fourth-order valence-electron chi connectivity index (χ4n) is 5.30. The number of nitrogens with zero attached hydrogens (tertiary/aromatic N) is 5. The van der Waals surface area contributed by atoms with E-state index in [1.54, 1.807) is 13.0 Å². The van der Waals surface area contributed by atoms with Gasteiger partial charge in [0.1, 0.15) is 11.3 Å². The average Bonchev–Trinajstić information content (AvgIpc) is 3.43. The van der Waals surface area contributed by atoms with Gasteiger partial charge in [-0.05, 0) is 42.8 Å². The Morgan fingerprint density at radius 3 is 2.74 bits per heavy atom. The molecule has 1 saturated carbocycles. The van der Waals surface area contributed by atoms with Crippen molar-refractivity contribution in [1.82, 2.24) is 30.1 Å². The number of aromatic nitrogens is 4. The van der Waals surface area contributed by atoms with Crippen molar-refractivity contribution < 1.29 is 18.4 Å². The van der Waals surface area contributed by atoms with Gasteiger partial charge in [-0.3, -0.25) is 9.69 Å². The van der Waals surface area contributed by atoms with Crippen LogP contribution in [0.1, 0.15) is 69.9 Å². The molecule has 0 atom stereocenters. The summed E-state index contributed by atoms with van der Waals surface area (Å²) < 4.78 is 27.4. The molecule has 2 aliphatic rings. The van der Waals surface area contributed by atoms with Gasteiger partial charge in [0.25, 0.3) is 5.95 Å². The number of fused-ring (bicyclic) bond motifs is 1. The number of benzene rings is 1. The number of nitrogens with one attached hydrogen (secondary N) is 1. The quantitative estimate of drug-likeness (QED) is 0.522. The molecule has 1 aromatic carbocycles. The Bertz CT molecular complexity index is 1180. The molecule has 3 aromatic rings. The van der Waals surface area contributed by atoms with Crippen molar-refractivity contribution in [1.29, 1.82) is 0 Å². The Morgan fingerprint density at radius 1 is 1.26 bits per heavy atom. The Kier molecular flexibility index (Phi) is 6.84. The molecule has 2 fully saturated rings. The first-order valence-electron chi connectivity index (χ1n) is 12.5. The minimum atomic E-state index is -0.358. The highest BCUT2D eigenvalue weighted by molar-refractivity contribution is 5.84. The smallest absolute Gasteiger partial charge is 0.291 e. The number of hydrogen-bond donors (Lipinski definition) is 1. The van der Waals surface area contributed by atoms with Crippen LogP contribution < -0.4 is 5.32 Å². The van der Waals surface area contributed by atoms with Gasteiger partial charge >= 0.3 is 0 Å². The van der Waals surface area contributed by atoms with Crippen LogP contribution in [0.2, 0.25) is 0 Å². The number of para-hydroxylation sites is 1. The second-order valence-corrected chi connectivity index (χ2v) is 9.91. The largest absolute Gasteiger partial charge is 0.381 e. The zero-order valence-corrected chi connectivity index (χ0v) is 20.5. The summed E-state index contributed by atoms with van der Waals surface area (Å²) in [5.41, 5.74) is 1.18. The molecule has 5 rings (SSSR count). The highest BCUT2D eigenvalue weighted by Crippen LogP contribution is 2.41. The Labute approximate surface area is 204 Å². The van der Waals surface area contributed by atoms with Gasteiger partial charge in [0.2, 0.25) is 11.8 Å². The molecule has 1 amide bonds. The lowest BCUT2D eigenvalue weighted by atomic mass is 9.78. The number of hydrogen-bond acceptors (Lipinski definition) is 7. The van der Waals surface area contributed by atoms with E-state index in [0.717, 1.165) is 56.5 Å². The normalized spacial score (nSPS) is 21.1. The number of carbonyl (C=O) groups excluding carboxylic acids is 1. The van der Waals surface area contributed by atoms with Crippen LogP contribution in [-0.4, -0.2) is 69.1 Å². The zero-order chi connectivity index (χ0) is 24.5. The number of amides is 1. The van der Waals surface area contributed by atoms with Gasteiger partial charge < -0.3 is 14.6 Å². The SMILES string of the molecule is CC(=O)NCCN(C1CCOCC1)C1CC(c2nc(-n3nc(C(C)C)c4cccc(F)c43)no2)C1. The van der Waals surface area contributed by atoms with Crippen LogP contribution in [0, 0.1) is 5.82 Å². The third-order valence-corrected chi connectivity index (χ3v) is 7.18. The topological polar surface area (TPSA) is 98.3 Å². The number of ether oxygens (including phenoxy) is 1. The maximum absolute atomic E-state index is 14.7. The monoisotopic (exact) mass is 484 g/mol. The van der Waals surface area contributed by atoms with Crippen LogP contribution in [0.4, 0.5) is 4.39 Å². The summed E-state index contributed by atoms with van der Waals surface area (Å²) in [7, 11) is 0. The second-order valence-electron chi connectivity index (χ2n) is 9.91. The van der Waals surface area contributed by atoms with Crippen molar-refractivity contribution in [3.05, 3.63) is 35.6 Å². The molecule has 3 heterocycles. The maximum Gasteiger partial charge on any atom is 0.291 e. The van der Waals surface area contributed by atoms with Gasteiger partial charge in [0.05, 0.1) is 5.69 Å². The lowest BCUT2D eigenvalue weighted by Gasteiger charge is -2.46. The van der Waals surface area contributed by atoms with Gasteiger partial charge in [0.15, 0.2) is 0 Å². The Balaban J connectivity index is 1.31. The summed E-state index contributed by atoms with van der Waals surface area (Å²) in [4.78, 5) is 18.5. The predicted molar refractivity (Wildman–Crippen MR) is 128 cm³/mol. The lowest BCUT2D eigenvalue weighted by molar-refractivity contribution is -0.119. The van der Waals surface area contributed by atoms with E-state index >= 15 is 0 Å². The van der Waals surface area contributed by atoms with E-state index in [9.17, 15) is 9.18 Å². The molecular formula is C25H33FN6O3. The Morgan fingerprint density at radius 2 is 2.03 bits per heavy atom. The van der Waals surface area contributed by atoms with Crippen molar-refractivity contribution in [2.24, 2.45) is 0 Å². The maximum atomic E-state index is 14.7. The van der Waals surface area contributed by atoms with Gasteiger partial charge in [-0.1, -0.05) is 26.0 Å². The zero-order valence-electron chi connectivity index (χ0n) is 20.5. The van der Waals surface area contributed by atoms with Gasteiger partial charge in [-0.25, -0.2) is 4.39 Å². The molecule has 9 nitrogen and oxygen atoms in total. The van der Waals surface area contributed by atoms with E-state index in [4.69, 9.17) is 9.26 Å². The molecule has 0 bridgehead atoms. The number of halogens is 1. The molecule has 1 aliphatic heterocycles. The van der Waals surface area contributed by atoms with Gasteiger partial charge in [-0.2, -0.15) is 14.8 Å². The van der Waals surface area contributed by atoms with Gasteiger partial charge in [0, 0.05) is 56.6 Å². The lowest BCUT2D eigenvalue weighted by Crippen LogP contribution is -2.53. The van der Waals surface area contributed by atoms with Crippen LogP contribution in [0.3, 0.4) is 0 Å². The third-order valence-electron chi connectivity index (χ3n) is 7.18. The van der Waals surface area contributed by atoms with Crippen LogP contribution >= 0.6 is 0 Å². The van der Waals surface area contributed by atoms with Crippen molar-refractivity contribution in [3.63, 3.8) is 0 Å². The van der Waals surface area contributed by atoms with E-state index in [1.165, 1.54) is 10.7 Å². The fraction of sp³-hybridized carbons (Fsp3) is 0.600. The fourth-order valence-corrected chi connectivity index (χ4v) is 5.30. The summed E-state index contributed by atoms with van der Waals surface area (Å²) in [6.07, 6.45) is 3.82. The van der Waals surface area contributed by atoms with E-state index < -0.39 is 0 Å². The minimum Gasteiger partial charge on any atom is -0.381 e. The summed E-state index contributed by atoms with van der Waals surface area (Å²) in [6.45, 7) is 8.60. The first-order chi connectivity index (χ1) is 16.9. The van der Waals surface area contributed by atoms with Crippen molar-refractivity contribution >= 4 is 16.8 Å². The molecule has 1 N–H and O–H groups in total. The number of rotatable bonds is 8. The molecule has 0 spiro atoms. The predicted octanol–water partition coefficient (Wildman–Crippen LogP) is 3.53. The van der Waals surface area contributed by atoms with Crippen molar-refractivity contribution in [2.75, 3.05) is 26.3 Å². The first kappa shape index (κ1) is 23.9. The summed E-state index contributed by atoms with van der Waals surface area (Å²) in [5, 5.41) is 12.5. The molecule has 188 valence electrons. The third kappa shape index (κ3) is 4.81. The highest BCUT2D eigenvalue weighted by Gasteiger charge is 2.40. The van der Waals surface area contributed by atoms with E-state index in [1.807, 2.05) is 19.9 Å². The van der Waals surface area contributed by atoms with Crippen LogP contribution in [0.5, 0.6) is 0 Å². The van der Waals surface area contributed by atoms with Crippen LogP contribution in [0.15, 0.2) is 22.7 Å². The average molecular weight is 485 g/mol. The molecule has 1 aliphatic carbocycles. The molecule has 1 saturated heterocycles. The standard InChI is InChI=1S/C25H33FN6O3/c1-15(2)22-20-5-4-6-21(26)23(20)32(29-22)25-28-24(35-30-25)17-13-19(14-17)31(10-9-27-16(3)33)18-7-11-34-12-8-18/h4-6,15,17-19H,7-14H2,1-3H3,(H,27,33). The van der Waals surface area contributed by atoms with Crippen molar-refractivity contribution in [3.8, 4) is 5.95 Å². The molecular weight excluding hydrogens is 451 g/mol. The summed E-state index contributed by atoms with van der Waals surface area (Å²) in [5.74, 6) is 0.746. The van der Waals surface area contributed by atoms with E-state index in [0.29, 0.717) is 30.0 Å². The summed E-state index contributed by atoms with van der Waals surface area (Å²) in [6, 6.07) is 5.84. The molecule has 0 radical (unpaired) electrons. The number of carbonyl (C=O) groups is 1. The molecule has 10 heteroatoms. The van der Waals surface area contributed by atoms with Crippen LogP contribution in [-0.2, 0) is 9.53 Å². The molecule has 0 unspecified atom stereocenters. The molecule has 2 aromatic heterocycles. The van der Waals surface area contributed by atoms with E-state index in [2.05, 4.69) is 25.5 Å². The van der Waals surface area contributed by atoms with Crippen LogP contribution in [0.25, 0.3) is 16.9 Å². The first-order valence-corrected chi connectivity index (χ1v) is 12.5. The molecule has 35 heavy (non-hydrogen) atoms. The van der Waals surface area contributed by atoms with Crippen molar-refractivity contribution in [2.45, 2.75) is 70.4 Å². The summed E-state index contributed by atoms with van der Waals surface area (Å²) >= 11 is 0. The second kappa shape index (κ2) is 10.0. The van der Waals surface area contributed by atoms with Gasteiger partial charge in [-0.15, -0.1) is 0 Å².